The first-order valence-electron chi connectivity index (χ1n) is 8.55. The molecule has 0 aliphatic rings. The first kappa shape index (κ1) is 17.7. The third-order valence-corrected chi connectivity index (χ3v) is 4.26. The zero-order valence-corrected chi connectivity index (χ0v) is 14.9. The van der Waals surface area contributed by atoms with E-state index in [1.807, 2.05) is 48.5 Å². The zero-order valence-electron chi connectivity index (χ0n) is 14.9. The summed E-state index contributed by atoms with van der Waals surface area (Å²) in [7, 11) is 1.64. The van der Waals surface area contributed by atoms with Crippen LogP contribution in [0.15, 0.2) is 61.2 Å². The number of carbonyl (C=O) groups excluding carboxylic acids is 1. The molecular weight excluding hydrogens is 328 g/mol. The zero-order chi connectivity index (χ0) is 18.4. The van der Waals surface area contributed by atoms with E-state index in [1.54, 1.807) is 18.1 Å². The normalized spacial score (nSPS) is 11.8. The maximum Gasteiger partial charge on any atom is 0.251 e. The van der Waals surface area contributed by atoms with Gasteiger partial charge in [0, 0.05) is 5.56 Å². The van der Waals surface area contributed by atoms with Crippen molar-refractivity contribution < 1.29 is 9.53 Å². The Morgan fingerprint density at radius 3 is 2.46 bits per heavy atom. The maximum atomic E-state index is 12.6. The Bertz CT molecular complexity index is 827. The monoisotopic (exact) mass is 350 g/mol. The minimum Gasteiger partial charge on any atom is -0.497 e. The number of hydrogen-bond donors (Lipinski definition) is 1. The molecule has 0 radical (unpaired) electrons. The summed E-state index contributed by atoms with van der Waals surface area (Å²) < 4.78 is 6.93. The van der Waals surface area contributed by atoms with Crippen molar-refractivity contribution in [1.82, 2.24) is 20.1 Å². The summed E-state index contributed by atoms with van der Waals surface area (Å²) in [6.07, 6.45) is 3.98. The summed E-state index contributed by atoms with van der Waals surface area (Å²) in [5, 5.41) is 7.18. The molecule has 0 spiro atoms. The predicted molar refractivity (Wildman–Crippen MR) is 99.1 cm³/mol. The van der Waals surface area contributed by atoms with Gasteiger partial charge in [0.05, 0.1) is 19.7 Å². The molecule has 0 aliphatic heterocycles. The van der Waals surface area contributed by atoms with Crippen LogP contribution in [0, 0.1) is 0 Å². The molecular formula is C20H22N4O2. The van der Waals surface area contributed by atoms with Crippen molar-refractivity contribution in [2.24, 2.45) is 0 Å². The van der Waals surface area contributed by atoms with Gasteiger partial charge in [0.25, 0.3) is 5.91 Å². The van der Waals surface area contributed by atoms with Crippen LogP contribution >= 0.6 is 0 Å². The molecule has 1 atom stereocenters. The van der Waals surface area contributed by atoms with Crippen LogP contribution in [0.1, 0.15) is 40.9 Å². The number of hydrogen-bond acceptors (Lipinski definition) is 4. The number of nitrogens with one attached hydrogen (secondary N) is 1. The molecule has 1 N–H and O–H groups in total. The molecule has 2 aromatic carbocycles. The van der Waals surface area contributed by atoms with Crippen LogP contribution in [0.4, 0.5) is 0 Å². The van der Waals surface area contributed by atoms with Crippen LogP contribution in [0.5, 0.6) is 5.75 Å². The third kappa shape index (κ3) is 4.27. The van der Waals surface area contributed by atoms with Gasteiger partial charge in [0.15, 0.2) is 0 Å². The lowest BCUT2D eigenvalue weighted by Gasteiger charge is -2.18. The molecule has 0 fully saturated rings. The molecule has 26 heavy (non-hydrogen) atoms. The Morgan fingerprint density at radius 2 is 1.88 bits per heavy atom. The van der Waals surface area contributed by atoms with E-state index >= 15 is 0 Å². The second kappa shape index (κ2) is 8.29. The van der Waals surface area contributed by atoms with Gasteiger partial charge in [-0.3, -0.25) is 4.79 Å². The fourth-order valence-electron chi connectivity index (χ4n) is 2.76. The van der Waals surface area contributed by atoms with E-state index in [1.165, 1.54) is 6.33 Å². The van der Waals surface area contributed by atoms with Gasteiger partial charge in [-0.15, -0.1) is 0 Å². The van der Waals surface area contributed by atoms with Crippen LogP contribution in [-0.4, -0.2) is 27.8 Å². The van der Waals surface area contributed by atoms with E-state index in [-0.39, 0.29) is 11.9 Å². The molecule has 3 rings (SSSR count). The molecule has 3 aromatic rings. The molecule has 1 unspecified atom stereocenters. The van der Waals surface area contributed by atoms with Gasteiger partial charge in [0.1, 0.15) is 18.4 Å². The second-order valence-electron chi connectivity index (χ2n) is 6.00. The van der Waals surface area contributed by atoms with Crippen LogP contribution in [-0.2, 0) is 6.54 Å². The fourth-order valence-corrected chi connectivity index (χ4v) is 2.76. The molecule has 1 aromatic heterocycles. The molecule has 0 saturated heterocycles. The van der Waals surface area contributed by atoms with Gasteiger partial charge < -0.3 is 10.1 Å². The predicted octanol–water partition coefficient (Wildman–Crippen LogP) is 3.22. The molecule has 0 saturated carbocycles. The summed E-state index contributed by atoms with van der Waals surface area (Å²) in [4.78, 5) is 16.5. The molecule has 6 heteroatoms. The lowest BCUT2D eigenvalue weighted by molar-refractivity contribution is 0.0935. The van der Waals surface area contributed by atoms with Crippen LogP contribution in [0.2, 0.25) is 0 Å². The standard InChI is InChI=1S/C20H22N4O2/c1-3-19(16-8-10-18(26-2)11-9-16)23-20(25)17-6-4-15(5-7-17)12-24-14-21-13-22-24/h4-11,13-14,19H,3,12H2,1-2H3,(H,23,25). The van der Waals surface area contributed by atoms with Gasteiger partial charge in [-0.25, -0.2) is 9.67 Å². The Kier molecular flexibility index (Phi) is 5.63. The van der Waals surface area contributed by atoms with E-state index < -0.39 is 0 Å². The highest BCUT2D eigenvalue weighted by Crippen LogP contribution is 2.20. The summed E-state index contributed by atoms with van der Waals surface area (Å²) >= 11 is 0. The molecule has 6 nitrogen and oxygen atoms in total. The molecule has 0 aliphatic carbocycles. The Hall–Kier alpha value is -3.15. The van der Waals surface area contributed by atoms with E-state index in [0.29, 0.717) is 12.1 Å². The Labute approximate surface area is 152 Å². The number of rotatable bonds is 7. The smallest absolute Gasteiger partial charge is 0.251 e. The quantitative estimate of drug-likeness (QED) is 0.710. The second-order valence-corrected chi connectivity index (χ2v) is 6.00. The van der Waals surface area contributed by atoms with E-state index in [9.17, 15) is 4.79 Å². The molecule has 134 valence electrons. The minimum absolute atomic E-state index is 0.0387. The van der Waals surface area contributed by atoms with Crippen molar-refractivity contribution in [3.8, 4) is 5.75 Å². The Balaban J connectivity index is 1.65. The number of carbonyl (C=O) groups is 1. The highest BCUT2D eigenvalue weighted by molar-refractivity contribution is 5.94. The minimum atomic E-state index is -0.0834. The van der Waals surface area contributed by atoms with Crippen LogP contribution in [0.3, 0.4) is 0 Å². The molecule has 0 bridgehead atoms. The summed E-state index contributed by atoms with van der Waals surface area (Å²) in [5.74, 6) is 0.720. The average molecular weight is 350 g/mol. The van der Waals surface area contributed by atoms with Crippen molar-refractivity contribution in [2.45, 2.75) is 25.9 Å². The van der Waals surface area contributed by atoms with Crippen molar-refractivity contribution >= 4 is 5.91 Å². The SMILES string of the molecule is CCC(NC(=O)c1ccc(Cn2cncn2)cc1)c1ccc(OC)cc1. The largest absolute Gasteiger partial charge is 0.497 e. The van der Waals surface area contributed by atoms with Gasteiger partial charge in [-0.1, -0.05) is 31.2 Å². The van der Waals surface area contributed by atoms with Gasteiger partial charge in [-0.05, 0) is 41.8 Å². The highest BCUT2D eigenvalue weighted by atomic mass is 16.5. The van der Waals surface area contributed by atoms with Crippen molar-refractivity contribution in [3.05, 3.63) is 77.9 Å². The van der Waals surface area contributed by atoms with E-state index in [0.717, 1.165) is 23.3 Å². The third-order valence-electron chi connectivity index (χ3n) is 4.26. The number of amides is 1. The number of benzene rings is 2. The number of ether oxygens (including phenoxy) is 1. The lowest BCUT2D eigenvalue weighted by atomic mass is 10.0. The van der Waals surface area contributed by atoms with E-state index in [2.05, 4.69) is 22.3 Å². The fraction of sp³-hybridized carbons (Fsp3) is 0.250. The molecule has 1 amide bonds. The number of methoxy groups -OCH3 is 1. The maximum absolute atomic E-state index is 12.6. The number of nitrogens with zero attached hydrogens (tertiary/aromatic N) is 3. The van der Waals surface area contributed by atoms with Crippen molar-refractivity contribution in [3.63, 3.8) is 0 Å². The van der Waals surface area contributed by atoms with Crippen molar-refractivity contribution in [2.75, 3.05) is 7.11 Å². The van der Waals surface area contributed by atoms with Gasteiger partial charge in [-0.2, -0.15) is 5.10 Å². The number of aromatic nitrogens is 3. The summed E-state index contributed by atoms with van der Waals surface area (Å²) in [5.41, 5.74) is 2.76. The Morgan fingerprint density at radius 1 is 1.15 bits per heavy atom. The highest BCUT2D eigenvalue weighted by Gasteiger charge is 2.14. The summed E-state index contributed by atoms with van der Waals surface area (Å²) in [6, 6.07) is 15.3. The first-order chi connectivity index (χ1) is 12.7. The first-order valence-corrected chi connectivity index (χ1v) is 8.55. The van der Waals surface area contributed by atoms with Gasteiger partial charge in [0.2, 0.25) is 0 Å². The molecule has 1 heterocycles. The summed E-state index contributed by atoms with van der Waals surface area (Å²) in [6.45, 7) is 2.68. The van der Waals surface area contributed by atoms with Crippen molar-refractivity contribution in [1.29, 1.82) is 0 Å². The van der Waals surface area contributed by atoms with E-state index in [4.69, 9.17) is 4.74 Å². The van der Waals surface area contributed by atoms with Gasteiger partial charge >= 0.3 is 0 Å². The van der Waals surface area contributed by atoms with Crippen LogP contribution < -0.4 is 10.1 Å². The lowest BCUT2D eigenvalue weighted by Crippen LogP contribution is -2.28. The average Bonchev–Trinajstić information content (AvgIpc) is 3.19. The topological polar surface area (TPSA) is 69.0 Å². The van der Waals surface area contributed by atoms with Crippen LogP contribution in [0.25, 0.3) is 0 Å².